The Bertz CT molecular complexity index is 700. The molecular formula is C17H19N3S. The lowest BCUT2D eigenvalue weighted by molar-refractivity contribution is 0.561. The number of aryl methyl sites for hydroxylation is 2. The topological polar surface area (TPSA) is 29.9 Å². The van der Waals surface area contributed by atoms with Crippen LogP contribution in [0.3, 0.4) is 0 Å². The molecule has 3 nitrogen and oxygen atoms in total. The molecule has 1 aromatic carbocycles. The van der Waals surface area contributed by atoms with Gasteiger partial charge in [0.25, 0.3) is 0 Å². The zero-order valence-corrected chi connectivity index (χ0v) is 13.1. The Kier molecular flexibility index (Phi) is 4.18. The highest BCUT2D eigenvalue weighted by atomic mass is 32.1. The van der Waals surface area contributed by atoms with E-state index in [1.807, 2.05) is 36.8 Å². The van der Waals surface area contributed by atoms with Gasteiger partial charge in [0.2, 0.25) is 0 Å². The first kappa shape index (κ1) is 14.0. The van der Waals surface area contributed by atoms with Crippen LogP contribution in [0.2, 0.25) is 0 Å². The standard InChI is InChI=1S/C17H19N3S/c1-13-8-9-15(21-13)12-19-16(14-6-4-3-5-7-14)17-18-10-11-20(17)2/h3-11,16,19H,12H2,1-2H3/t16-/m1/s1. The molecule has 0 saturated carbocycles. The molecule has 0 aliphatic rings. The molecule has 0 aliphatic carbocycles. The number of benzene rings is 1. The molecule has 0 unspecified atom stereocenters. The first-order valence-corrected chi connectivity index (χ1v) is 7.86. The summed E-state index contributed by atoms with van der Waals surface area (Å²) < 4.78 is 2.07. The molecule has 0 bridgehead atoms. The van der Waals surface area contributed by atoms with Crippen LogP contribution in [0.5, 0.6) is 0 Å². The van der Waals surface area contributed by atoms with Crippen molar-refractivity contribution < 1.29 is 0 Å². The number of rotatable bonds is 5. The van der Waals surface area contributed by atoms with E-state index in [9.17, 15) is 0 Å². The number of aromatic nitrogens is 2. The monoisotopic (exact) mass is 297 g/mol. The van der Waals surface area contributed by atoms with Crippen molar-refractivity contribution in [1.82, 2.24) is 14.9 Å². The van der Waals surface area contributed by atoms with Gasteiger partial charge in [0, 0.05) is 35.7 Å². The van der Waals surface area contributed by atoms with E-state index in [2.05, 4.69) is 58.2 Å². The van der Waals surface area contributed by atoms with Crippen LogP contribution >= 0.6 is 11.3 Å². The highest BCUT2D eigenvalue weighted by Gasteiger charge is 2.17. The van der Waals surface area contributed by atoms with Crippen molar-refractivity contribution in [3.63, 3.8) is 0 Å². The fourth-order valence-corrected chi connectivity index (χ4v) is 3.28. The van der Waals surface area contributed by atoms with Gasteiger partial charge in [-0.15, -0.1) is 11.3 Å². The number of hydrogen-bond acceptors (Lipinski definition) is 3. The summed E-state index contributed by atoms with van der Waals surface area (Å²) in [6.07, 6.45) is 3.84. The number of thiophene rings is 1. The van der Waals surface area contributed by atoms with Crippen molar-refractivity contribution in [2.75, 3.05) is 0 Å². The quantitative estimate of drug-likeness (QED) is 0.778. The predicted molar refractivity (Wildman–Crippen MR) is 87.4 cm³/mol. The van der Waals surface area contributed by atoms with Gasteiger partial charge in [-0.05, 0) is 24.6 Å². The van der Waals surface area contributed by atoms with Crippen LogP contribution in [0.4, 0.5) is 0 Å². The Morgan fingerprint density at radius 3 is 2.62 bits per heavy atom. The van der Waals surface area contributed by atoms with Gasteiger partial charge in [-0.25, -0.2) is 4.98 Å². The molecule has 0 spiro atoms. The highest BCUT2D eigenvalue weighted by molar-refractivity contribution is 7.11. The molecule has 2 heterocycles. The van der Waals surface area contributed by atoms with Gasteiger partial charge < -0.3 is 4.57 Å². The van der Waals surface area contributed by atoms with Gasteiger partial charge in [0.1, 0.15) is 5.82 Å². The first-order chi connectivity index (χ1) is 10.2. The molecule has 108 valence electrons. The van der Waals surface area contributed by atoms with Gasteiger partial charge in [-0.3, -0.25) is 5.32 Å². The van der Waals surface area contributed by atoms with Crippen LogP contribution in [0.15, 0.2) is 54.9 Å². The summed E-state index contributed by atoms with van der Waals surface area (Å²) in [4.78, 5) is 7.21. The summed E-state index contributed by atoms with van der Waals surface area (Å²) in [5, 5.41) is 3.64. The zero-order valence-electron chi connectivity index (χ0n) is 12.3. The summed E-state index contributed by atoms with van der Waals surface area (Å²) in [6, 6.07) is 14.9. The van der Waals surface area contributed by atoms with Crippen molar-refractivity contribution in [1.29, 1.82) is 0 Å². The maximum Gasteiger partial charge on any atom is 0.130 e. The normalized spacial score (nSPS) is 12.5. The second kappa shape index (κ2) is 6.24. The third-order valence-electron chi connectivity index (χ3n) is 3.53. The van der Waals surface area contributed by atoms with Crippen molar-refractivity contribution >= 4 is 11.3 Å². The van der Waals surface area contributed by atoms with Crippen LogP contribution in [-0.2, 0) is 13.6 Å². The van der Waals surface area contributed by atoms with E-state index < -0.39 is 0 Å². The largest absolute Gasteiger partial charge is 0.336 e. The summed E-state index contributed by atoms with van der Waals surface area (Å²) in [7, 11) is 2.04. The molecular weight excluding hydrogens is 278 g/mol. The second-order valence-corrected chi connectivity index (χ2v) is 6.51. The third-order valence-corrected chi connectivity index (χ3v) is 4.53. The van der Waals surface area contributed by atoms with Crippen molar-refractivity contribution in [2.24, 2.45) is 7.05 Å². The predicted octanol–water partition coefficient (Wildman–Crippen LogP) is 3.67. The summed E-state index contributed by atoms with van der Waals surface area (Å²) in [5.74, 6) is 1.04. The zero-order chi connectivity index (χ0) is 14.7. The Balaban J connectivity index is 1.84. The molecule has 0 fully saturated rings. The average molecular weight is 297 g/mol. The number of nitrogens with zero attached hydrogens (tertiary/aromatic N) is 2. The smallest absolute Gasteiger partial charge is 0.130 e. The Labute approximate surface area is 129 Å². The number of hydrogen-bond donors (Lipinski definition) is 1. The van der Waals surface area contributed by atoms with Gasteiger partial charge in [-0.2, -0.15) is 0 Å². The van der Waals surface area contributed by atoms with Crippen molar-refractivity contribution in [3.05, 3.63) is 76.0 Å². The van der Waals surface area contributed by atoms with E-state index in [1.54, 1.807) is 0 Å². The van der Waals surface area contributed by atoms with Crippen LogP contribution in [0.1, 0.15) is 27.2 Å². The van der Waals surface area contributed by atoms with Gasteiger partial charge in [0.15, 0.2) is 0 Å². The van der Waals surface area contributed by atoms with Gasteiger partial charge >= 0.3 is 0 Å². The molecule has 0 amide bonds. The fourth-order valence-electron chi connectivity index (χ4n) is 2.44. The molecule has 21 heavy (non-hydrogen) atoms. The molecule has 3 aromatic rings. The lowest BCUT2D eigenvalue weighted by Crippen LogP contribution is -2.24. The minimum atomic E-state index is 0.105. The second-order valence-electron chi connectivity index (χ2n) is 5.13. The molecule has 1 N–H and O–H groups in total. The van der Waals surface area contributed by atoms with Crippen molar-refractivity contribution in [3.8, 4) is 0 Å². The summed E-state index contributed by atoms with van der Waals surface area (Å²) >= 11 is 1.84. The average Bonchev–Trinajstić information content (AvgIpc) is 3.10. The van der Waals surface area contributed by atoms with Gasteiger partial charge in [-0.1, -0.05) is 30.3 Å². The van der Waals surface area contributed by atoms with Crippen LogP contribution in [-0.4, -0.2) is 9.55 Å². The Hall–Kier alpha value is -1.91. The molecule has 0 aliphatic heterocycles. The maximum absolute atomic E-state index is 4.51. The van der Waals surface area contributed by atoms with E-state index in [1.165, 1.54) is 15.3 Å². The lowest BCUT2D eigenvalue weighted by atomic mass is 10.1. The van der Waals surface area contributed by atoms with E-state index in [-0.39, 0.29) is 6.04 Å². The van der Waals surface area contributed by atoms with Crippen molar-refractivity contribution in [2.45, 2.75) is 19.5 Å². The Morgan fingerprint density at radius 2 is 2.00 bits per heavy atom. The number of imidazole rings is 1. The van der Waals surface area contributed by atoms with Gasteiger partial charge in [0.05, 0.1) is 6.04 Å². The molecule has 4 heteroatoms. The fraction of sp³-hybridized carbons (Fsp3) is 0.235. The highest BCUT2D eigenvalue weighted by Crippen LogP contribution is 2.22. The molecule has 1 atom stereocenters. The first-order valence-electron chi connectivity index (χ1n) is 7.05. The lowest BCUT2D eigenvalue weighted by Gasteiger charge is -2.18. The molecule has 0 saturated heterocycles. The SMILES string of the molecule is Cc1ccc(CN[C@H](c2ccccc2)c2nccn2C)s1. The molecule has 2 aromatic heterocycles. The number of nitrogens with one attached hydrogen (secondary N) is 1. The Morgan fingerprint density at radius 1 is 1.19 bits per heavy atom. The minimum Gasteiger partial charge on any atom is -0.336 e. The minimum absolute atomic E-state index is 0.105. The van der Waals surface area contributed by atoms with E-state index in [4.69, 9.17) is 0 Å². The summed E-state index contributed by atoms with van der Waals surface area (Å²) in [5.41, 5.74) is 1.24. The maximum atomic E-state index is 4.51. The van der Waals surface area contributed by atoms with E-state index >= 15 is 0 Å². The van der Waals surface area contributed by atoms with E-state index in [0.717, 1.165) is 12.4 Å². The van der Waals surface area contributed by atoms with E-state index in [0.29, 0.717) is 0 Å². The molecule has 0 radical (unpaired) electrons. The van der Waals surface area contributed by atoms with Crippen LogP contribution in [0.25, 0.3) is 0 Å². The molecule has 3 rings (SSSR count). The van der Waals surface area contributed by atoms with Crippen LogP contribution < -0.4 is 5.32 Å². The van der Waals surface area contributed by atoms with Crippen LogP contribution in [0, 0.1) is 6.92 Å². The summed E-state index contributed by atoms with van der Waals surface area (Å²) in [6.45, 7) is 2.99. The third kappa shape index (κ3) is 3.23.